The van der Waals surface area contributed by atoms with Gasteiger partial charge in [-0.1, -0.05) is 30.3 Å². The van der Waals surface area contributed by atoms with Gasteiger partial charge in [0.2, 0.25) is 5.91 Å². The van der Waals surface area contributed by atoms with E-state index in [0.29, 0.717) is 5.96 Å². The largest absolute Gasteiger partial charge is 0.356 e. The highest BCUT2D eigenvalue weighted by molar-refractivity contribution is 14.0. The predicted molar refractivity (Wildman–Crippen MR) is 125 cm³/mol. The fourth-order valence-electron chi connectivity index (χ4n) is 2.56. The number of benzene rings is 1. The standard InChI is InChI=1S/C20H28N4OS.HI/c1-15-8-5-6-10-18(15)16(2)23-20(22-14-19(25)24(3)4)21-12-11-17-9-7-13-26-17;/h5-10,13,16H,11-12,14H2,1-4H3,(H2,21,22,23);1H. The second-order valence-corrected chi connectivity index (χ2v) is 7.46. The summed E-state index contributed by atoms with van der Waals surface area (Å²) in [5.41, 5.74) is 2.45. The molecule has 0 radical (unpaired) electrons. The third-order valence-corrected chi connectivity index (χ3v) is 5.06. The van der Waals surface area contributed by atoms with Crippen LogP contribution in [0, 0.1) is 6.92 Å². The summed E-state index contributed by atoms with van der Waals surface area (Å²) in [5.74, 6) is 0.639. The van der Waals surface area contributed by atoms with Crippen LogP contribution < -0.4 is 10.6 Å². The van der Waals surface area contributed by atoms with Crippen LogP contribution in [-0.4, -0.2) is 44.0 Å². The van der Waals surface area contributed by atoms with Gasteiger partial charge in [-0.3, -0.25) is 4.79 Å². The second-order valence-electron chi connectivity index (χ2n) is 6.43. The van der Waals surface area contributed by atoms with Crippen molar-refractivity contribution in [2.24, 2.45) is 4.99 Å². The van der Waals surface area contributed by atoms with Crippen molar-refractivity contribution in [3.05, 3.63) is 57.8 Å². The highest BCUT2D eigenvalue weighted by Crippen LogP contribution is 2.16. The molecule has 1 aromatic carbocycles. The Morgan fingerprint density at radius 2 is 1.96 bits per heavy atom. The van der Waals surface area contributed by atoms with Gasteiger partial charge in [0.25, 0.3) is 0 Å². The first-order chi connectivity index (χ1) is 12.5. The number of aryl methyl sites for hydroxylation is 1. The number of rotatable bonds is 7. The molecule has 2 aromatic rings. The molecule has 1 unspecified atom stereocenters. The second kappa shape index (κ2) is 12.0. The van der Waals surface area contributed by atoms with Crippen molar-refractivity contribution in [2.75, 3.05) is 27.2 Å². The average Bonchev–Trinajstić information content (AvgIpc) is 3.12. The maximum absolute atomic E-state index is 11.9. The number of nitrogens with zero attached hydrogens (tertiary/aromatic N) is 2. The first kappa shape index (κ1) is 23.4. The first-order valence-corrected chi connectivity index (χ1v) is 9.68. The van der Waals surface area contributed by atoms with E-state index in [1.807, 2.05) is 12.1 Å². The fourth-order valence-corrected chi connectivity index (χ4v) is 3.26. The number of likely N-dealkylation sites (N-methyl/N-ethyl adjacent to an activating group) is 1. The average molecular weight is 500 g/mol. The molecule has 0 fully saturated rings. The number of nitrogens with one attached hydrogen (secondary N) is 2. The Kier molecular flexibility index (Phi) is 10.4. The van der Waals surface area contributed by atoms with Crippen molar-refractivity contribution in [1.29, 1.82) is 0 Å². The lowest BCUT2D eigenvalue weighted by atomic mass is 10.0. The molecule has 0 saturated heterocycles. The van der Waals surface area contributed by atoms with Crippen molar-refractivity contribution >= 4 is 47.2 Å². The Hall–Kier alpha value is -1.61. The van der Waals surface area contributed by atoms with Gasteiger partial charge in [-0.05, 0) is 42.8 Å². The van der Waals surface area contributed by atoms with Crippen LogP contribution in [-0.2, 0) is 11.2 Å². The Morgan fingerprint density at radius 3 is 2.59 bits per heavy atom. The number of hydrogen-bond donors (Lipinski definition) is 2. The Labute approximate surface area is 183 Å². The quantitative estimate of drug-likeness (QED) is 0.347. The minimum absolute atomic E-state index is 0. The number of hydrogen-bond acceptors (Lipinski definition) is 3. The molecule has 2 rings (SSSR count). The molecule has 1 amide bonds. The summed E-state index contributed by atoms with van der Waals surface area (Å²) < 4.78 is 0. The number of carbonyl (C=O) groups excluding carboxylic acids is 1. The van der Waals surface area contributed by atoms with Gasteiger partial charge in [-0.25, -0.2) is 4.99 Å². The number of amides is 1. The van der Waals surface area contributed by atoms with E-state index in [-0.39, 0.29) is 42.5 Å². The van der Waals surface area contributed by atoms with E-state index < -0.39 is 0 Å². The van der Waals surface area contributed by atoms with Crippen LogP contribution in [0.5, 0.6) is 0 Å². The Balaban J connectivity index is 0.00000364. The lowest BCUT2D eigenvalue weighted by Crippen LogP contribution is -2.40. The number of carbonyl (C=O) groups is 1. The van der Waals surface area contributed by atoms with Crippen LogP contribution in [0.4, 0.5) is 0 Å². The zero-order chi connectivity index (χ0) is 18.9. The van der Waals surface area contributed by atoms with Crippen LogP contribution in [0.25, 0.3) is 0 Å². The normalized spacial score (nSPS) is 12.1. The molecule has 0 aliphatic rings. The van der Waals surface area contributed by atoms with Crippen molar-refractivity contribution in [2.45, 2.75) is 26.3 Å². The summed E-state index contributed by atoms with van der Waals surface area (Å²) in [6, 6.07) is 12.6. The lowest BCUT2D eigenvalue weighted by Gasteiger charge is -2.20. The zero-order valence-electron chi connectivity index (χ0n) is 16.4. The van der Waals surface area contributed by atoms with Gasteiger partial charge in [0.15, 0.2) is 5.96 Å². The molecule has 1 aromatic heterocycles. The fraction of sp³-hybridized carbons (Fsp3) is 0.400. The molecular weight excluding hydrogens is 471 g/mol. The highest BCUT2D eigenvalue weighted by Gasteiger charge is 2.11. The molecule has 27 heavy (non-hydrogen) atoms. The number of guanidine groups is 1. The SMILES string of the molecule is Cc1ccccc1C(C)NC(=NCC(=O)N(C)C)NCCc1cccs1.I. The molecule has 0 aliphatic carbocycles. The minimum atomic E-state index is -0.0205. The Morgan fingerprint density at radius 1 is 1.22 bits per heavy atom. The molecule has 5 nitrogen and oxygen atoms in total. The number of thiophene rings is 1. The van der Waals surface area contributed by atoms with Gasteiger partial charge in [0, 0.05) is 25.5 Å². The highest BCUT2D eigenvalue weighted by atomic mass is 127. The predicted octanol–water partition coefficient (Wildman–Crippen LogP) is 3.60. The minimum Gasteiger partial charge on any atom is -0.356 e. The summed E-state index contributed by atoms with van der Waals surface area (Å²) in [6.07, 6.45) is 0.929. The summed E-state index contributed by atoms with van der Waals surface area (Å²) in [6.45, 7) is 5.10. The van der Waals surface area contributed by atoms with E-state index >= 15 is 0 Å². The summed E-state index contributed by atoms with van der Waals surface area (Å²) in [4.78, 5) is 19.2. The van der Waals surface area contributed by atoms with Crippen molar-refractivity contribution < 1.29 is 4.79 Å². The molecule has 2 N–H and O–H groups in total. The number of aliphatic imine (C=N–C) groups is 1. The Bertz CT molecular complexity index is 731. The van der Waals surface area contributed by atoms with Crippen LogP contribution in [0.1, 0.15) is 29.0 Å². The first-order valence-electron chi connectivity index (χ1n) is 8.80. The smallest absolute Gasteiger partial charge is 0.243 e. The van der Waals surface area contributed by atoms with Crippen LogP contribution in [0.3, 0.4) is 0 Å². The third-order valence-electron chi connectivity index (χ3n) is 4.12. The van der Waals surface area contributed by atoms with E-state index in [2.05, 4.69) is 59.1 Å². The third kappa shape index (κ3) is 7.88. The molecule has 0 saturated carbocycles. The van der Waals surface area contributed by atoms with Crippen LogP contribution in [0.15, 0.2) is 46.8 Å². The molecule has 148 valence electrons. The van der Waals surface area contributed by atoms with Crippen molar-refractivity contribution in [3.63, 3.8) is 0 Å². The molecule has 0 bridgehead atoms. The van der Waals surface area contributed by atoms with Gasteiger partial charge < -0.3 is 15.5 Å². The van der Waals surface area contributed by atoms with Gasteiger partial charge in [0.1, 0.15) is 6.54 Å². The summed E-state index contributed by atoms with van der Waals surface area (Å²) in [5, 5.41) is 8.85. The molecular formula is C20H29IN4OS. The number of halogens is 1. The van der Waals surface area contributed by atoms with E-state index in [9.17, 15) is 4.79 Å². The van der Waals surface area contributed by atoms with Gasteiger partial charge in [-0.2, -0.15) is 0 Å². The van der Waals surface area contributed by atoms with E-state index in [0.717, 1.165) is 13.0 Å². The maximum Gasteiger partial charge on any atom is 0.243 e. The topological polar surface area (TPSA) is 56.7 Å². The van der Waals surface area contributed by atoms with Gasteiger partial charge in [-0.15, -0.1) is 35.3 Å². The molecule has 1 heterocycles. The zero-order valence-corrected chi connectivity index (χ0v) is 19.5. The van der Waals surface area contributed by atoms with Gasteiger partial charge in [0.05, 0.1) is 6.04 Å². The van der Waals surface area contributed by atoms with Crippen LogP contribution in [0.2, 0.25) is 0 Å². The summed E-state index contributed by atoms with van der Waals surface area (Å²) in [7, 11) is 3.48. The van der Waals surface area contributed by atoms with E-state index in [1.54, 1.807) is 30.3 Å². The molecule has 1 atom stereocenters. The monoisotopic (exact) mass is 500 g/mol. The van der Waals surface area contributed by atoms with Crippen LogP contribution >= 0.6 is 35.3 Å². The maximum atomic E-state index is 11.9. The van der Waals surface area contributed by atoms with Crippen molar-refractivity contribution in [3.8, 4) is 0 Å². The summed E-state index contributed by atoms with van der Waals surface area (Å²) >= 11 is 1.75. The van der Waals surface area contributed by atoms with E-state index in [1.165, 1.54) is 16.0 Å². The van der Waals surface area contributed by atoms with Gasteiger partial charge >= 0.3 is 0 Å². The molecule has 0 spiro atoms. The van der Waals surface area contributed by atoms with Crippen molar-refractivity contribution in [1.82, 2.24) is 15.5 Å². The lowest BCUT2D eigenvalue weighted by molar-refractivity contribution is -0.127. The molecule has 0 aliphatic heterocycles. The molecule has 7 heteroatoms. The van der Waals surface area contributed by atoms with E-state index in [4.69, 9.17) is 0 Å².